The summed E-state index contributed by atoms with van der Waals surface area (Å²) < 4.78 is 13.9. The van der Waals surface area contributed by atoms with Crippen LogP contribution in [0.25, 0.3) is 0 Å². The van der Waals surface area contributed by atoms with E-state index in [0.29, 0.717) is 0 Å². The van der Waals surface area contributed by atoms with Crippen LogP contribution in [-0.2, 0) is 6.42 Å². The first-order valence-corrected chi connectivity index (χ1v) is 7.80. The van der Waals surface area contributed by atoms with Gasteiger partial charge in [0.2, 0.25) is 0 Å². The number of nitrogens with one attached hydrogen (secondary N) is 1. The number of hydrogen-bond donors (Lipinski definition) is 1. The Morgan fingerprint density at radius 1 is 1.32 bits per heavy atom. The highest BCUT2D eigenvalue weighted by Gasteiger charge is 2.15. The third-order valence-corrected chi connectivity index (χ3v) is 5.32. The maximum atomic E-state index is 13.1. The molecule has 4 heteroatoms. The van der Waals surface area contributed by atoms with Crippen LogP contribution in [0.3, 0.4) is 0 Å². The molecule has 1 unspecified atom stereocenters. The Labute approximate surface area is 126 Å². The lowest BCUT2D eigenvalue weighted by molar-refractivity contribution is 0.596. The molecule has 0 saturated heterocycles. The molecule has 1 aromatic carbocycles. The van der Waals surface area contributed by atoms with Crippen molar-refractivity contribution in [3.05, 3.63) is 55.4 Å². The number of likely N-dealkylation sites (N-methyl/N-ethyl adjacent to an activating group) is 1. The van der Waals surface area contributed by atoms with E-state index in [4.69, 9.17) is 0 Å². The third kappa shape index (κ3) is 3.44. The number of rotatable bonds is 4. The van der Waals surface area contributed by atoms with E-state index in [0.717, 1.165) is 16.5 Å². The molecule has 0 aliphatic carbocycles. The van der Waals surface area contributed by atoms with Gasteiger partial charge in [-0.3, -0.25) is 0 Å². The van der Waals surface area contributed by atoms with Crippen LogP contribution in [0, 0.1) is 19.7 Å². The minimum absolute atomic E-state index is 0.209. The zero-order chi connectivity index (χ0) is 14.0. The molecule has 2 aromatic rings. The van der Waals surface area contributed by atoms with E-state index in [-0.39, 0.29) is 11.9 Å². The van der Waals surface area contributed by atoms with Crippen molar-refractivity contribution >= 4 is 27.3 Å². The number of benzene rings is 1. The van der Waals surface area contributed by atoms with Crippen LogP contribution in [-0.4, -0.2) is 7.05 Å². The number of aryl methyl sites for hydroxylation is 2. The van der Waals surface area contributed by atoms with E-state index in [2.05, 4.69) is 41.2 Å². The number of halogens is 2. The minimum Gasteiger partial charge on any atom is -0.312 e. The van der Waals surface area contributed by atoms with Crippen LogP contribution in [0.4, 0.5) is 4.39 Å². The molecule has 0 fully saturated rings. The zero-order valence-corrected chi connectivity index (χ0v) is 13.7. The van der Waals surface area contributed by atoms with Crippen molar-refractivity contribution in [2.24, 2.45) is 0 Å². The SMILES string of the molecule is CNC(Cc1ccc(F)cc1Br)c1cc(C)c(C)s1. The molecule has 2 rings (SSSR count). The molecular weight excluding hydrogens is 325 g/mol. The maximum Gasteiger partial charge on any atom is 0.124 e. The molecule has 0 bridgehead atoms. The van der Waals surface area contributed by atoms with Gasteiger partial charge in [0.1, 0.15) is 5.82 Å². The van der Waals surface area contributed by atoms with Gasteiger partial charge < -0.3 is 5.32 Å². The Hall–Kier alpha value is -0.710. The predicted octanol–water partition coefficient (Wildman–Crippen LogP) is 4.77. The highest BCUT2D eigenvalue weighted by atomic mass is 79.9. The van der Waals surface area contributed by atoms with Crippen LogP contribution in [0.2, 0.25) is 0 Å². The summed E-state index contributed by atoms with van der Waals surface area (Å²) in [6, 6.07) is 7.37. The minimum atomic E-state index is -0.209. The largest absolute Gasteiger partial charge is 0.312 e. The molecular formula is C15H17BrFNS. The predicted molar refractivity (Wildman–Crippen MR) is 83.4 cm³/mol. The van der Waals surface area contributed by atoms with Gasteiger partial charge in [0.25, 0.3) is 0 Å². The van der Waals surface area contributed by atoms with Crippen LogP contribution in [0.1, 0.15) is 26.9 Å². The van der Waals surface area contributed by atoms with E-state index >= 15 is 0 Å². The lowest BCUT2D eigenvalue weighted by atomic mass is 10.0. The first kappa shape index (κ1) is 14.7. The van der Waals surface area contributed by atoms with Crippen molar-refractivity contribution in [1.29, 1.82) is 0 Å². The Bertz CT molecular complexity index is 560. The first-order valence-electron chi connectivity index (χ1n) is 6.19. The maximum absolute atomic E-state index is 13.1. The summed E-state index contributed by atoms with van der Waals surface area (Å²) in [5, 5.41) is 3.35. The third-order valence-electron chi connectivity index (χ3n) is 3.32. The summed E-state index contributed by atoms with van der Waals surface area (Å²) in [4.78, 5) is 2.68. The van der Waals surface area contributed by atoms with Gasteiger partial charge in [-0.1, -0.05) is 22.0 Å². The molecule has 1 N–H and O–H groups in total. The lowest BCUT2D eigenvalue weighted by Gasteiger charge is -2.15. The molecule has 0 saturated carbocycles. The van der Waals surface area contributed by atoms with Crippen LogP contribution >= 0.6 is 27.3 Å². The van der Waals surface area contributed by atoms with Gasteiger partial charge in [0, 0.05) is 20.3 Å². The normalized spacial score (nSPS) is 12.7. The quantitative estimate of drug-likeness (QED) is 0.844. The first-order chi connectivity index (χ1) is 9.01. The van der Waals surface area contributed by atoms with E-state index in [9.17, 15) is 4.39 Å². The van der Waals surface area contributed by atoms with Gasteiger partial charge in [-0.05, 0) is 56.6 Å². The van der Waals surface area contributed by atoms with Gasteiger partial charge >= 0.3 is 0 Å². The molecule has 19 heavy (non-hydrogen) atoms. The van der Waals surface area contributed by atoms with Gasteiger partial charge in [-0.2, -0.15) is 0 Å². The second kappa shape index (κ2) is 6.16. The Balaban J connectivity index is 2.23. The van der Waals surface area contributed by atoms with E-state index in [1.165, 1.54) is 27.5 Å². The smallest absolute Gasteiger partial charge is 0.124 e. The fourth-order valence-corrected chi connectivity index (χ4v) is 3.69. The van der Waals surface area contributed by atoms with Crippen molar-refractivity contribution in [2.45, 2.75) is 26.3 Å². The molecule has 1 nitrogen and oxygen atoms in total. The molecule has 0 radical (unpaired) electrons. The second-order valence-electron chi connectivity index (χ2n) is 4.67. The van der Waals surface area contributed by atoms with E-state index in [1.54, 1.807) is 0 Å². The average molecular weight is 342 g/mol. The van der Waals surface area contributed by atoms with E-state index < -0.39 is 0 Å². The zero-order valence-electron chi connectivity index (χ0n) is 11.3. The molecule has 1 heterocycles. The molecule has 0 amide bonds. The number of hydrogen-bond acceptors (Lipinski definition) is 2. The summed E-state index contributed by atoms with van der Waals surface area (Å²) in [5.41, 5.74) is 2.45. The van der Waals surface area contributed by atoms with Crippen LogP contribution in [0.5, 0.6) is 0 Å². The molecule has 1 atom stereocenters. The van der Waals surface area contributed by atoms with Gasteiger partial charge in [-0.15, -0.1) is 11.3 Å². The summed E-state index contributed by atoms with van der Waals surface area (Å²) in [5.74, 6) is -0.209. The second-order valence-corrected chi connectivity index (χ2v) is 6.81. The Morgan fingerprint density at radius 3 is 2.58 bits per heavy atom. The standard InChI is InChI=1S/C15H17BrFNS/c1-9-6-15(19-10(9)2)14(18-3)7-11-4-5-12(17)8-13(11)16/h4-6,8,14,18H,7H2,1-3H3. The monoisotopic (exact) mass is 341 g/mol. The van der Waals surface area contributed by atoms with Crippen LogP contribution < -0.4 is 5.32 Å². The Kier molecular flexibility index (Phi) is 4.76. The van der Waals surface area contributed by atoms with Crippen LogP contribution in [0.15, 0.2) is 28.7 Å². The lowest BCUT2D eigenvalue weighted by Crippen LogP contribution is -2.18. The summed E-state index contributed by atoms with van der Waals surface area (Å²) >= 11 is 5.26. The Morgan fingerprint density at radius 2 is 2.05 bits per heavy atom. The van der Waals surface area contributed by atoms with E-state index in [1.807, 2.05) is 24.5 Å². The van der Waals surface area contributed by atoms with Gasteiger partial charge in [0.15, 0.2) is 0 Å². The fraction of sp³-hybridized carbons (Fsp3) is 0.333. The number of thiophene rings is 1. The van der Waals surface area contributed by atoms with Crippen molar-refractivity contribution in [2.75, 3.05) is 7.05 Å². The molecule has 0 aliphatic heterocycles. The summed E-state index contributed by atoms with van der Waals surface area (Å²) in [7, 11) is 1.96. The van der Waals surface area contributed by atoms with Crippen molar-refractivity contribution in [3.8, 4) is 0 Å². The molecule has 0 spiro atoms. The highest BCUT2D eigenvalue weighted by molar-refractivity contribution is 9.10. The molecule has 0 aliphatic rings. The molecule has 1 aromatic heterocycles. The summed E-state index contributed by atoms with van der Waals surface area (Å²) in [6.07, 6.45) is 0.844. The topological polar surface area (TPSA) is 12.0 Å². The fourth-order valence-electron chi connectivity index (χ4n) is 2.03. The van der Waals surface area contributed by atoms with Crippen molar-refractivity contribution < 1.29 is 4.39 Å². The molecule has 102 valence electrons. The van der Waals surface area contributed by atoms with Crippen molar-refractivity contribution in [1.82, 2.24) is 5.32 Å². The van der Waals surface area contributed by atoms with Gasteiger partial charge in [0.05, 0.1) is 0 Å². The average Bonchev–Trinajstić information content (AvgIpc) is 2.68. The van der Waals surface area contributed by atoms with Gasteiger partial charge in [-0.25, -0.2) is 4.39 Å². The van der Waals surface area contributed by atoms with Crippen molar-refractivity contribution in [3.63, 3.8) is 0 Å². The summed E-state index contributed by atoms with van der Waals surface area (Å²) in [6.45, 7) is 4.28. The highest BCUT2D eigenvalue weighted by Crippen LogP contribution is 2.30.